The summed E-state index contributed by atoms with van der Waals surface area (Å²) >= 11 is 0. The molecule has 3 aromatic heterocycles. The summed E-state index contributed by atoms with van der Waals surface area (Å²) in [7, 11) is 3.76. The molecule has 0 radical (unpaired) electrons. The lowest BCUT2D eigenvalue weighted by Gasteiger charge is -2.37. The number of aliphatic hydroxyl groups excluding tert-OH is 1. The second-order valence-corrected chi connectivity index (χ2v) is 11.2. The number of urea groups is 1. The van der Waals surface area contributed by atoms with Gasteiger partial charge >= 0.3 is 6.03 Å². The van der Waals surface area contributed by atoms with E-state index in [-0.39, 0.29) is 6.03 Å². The van der Waals surface area contributed by atoms with Crippen molar-refractivity contribution in [1.29, 1.82) is 0 Å². The Balaban J connectivity index is 1.14. The van der Waals surface area contributed by atoms with Crippen molar-refractivity contribution in [2.24, 2.45) is 0 Å². The summed E-state index contributed by atoms with van der Waals surface area (Å²) in [6.45, 7) is 4.84. The van der Waals surface area contributed by atoms with Crippen molar-refractivity contribution < 1.29 is 9.90 Å². The maximum Gasteiger partial charge on any atom is 0.320 e. The van der Waals surface area contributed by atoms with Crippen LogP contribution in [0.5, 0.6) is 0 Å². The van der Waals surface area contributed by atoms with Gasteiger partial charge in [-0.05, 0) is 58.0 Å². The molecule has 3 aliphatic rings. The number of hydrogen-bond donors (Lipinski definition) is 2. The van der Waals surface area contributed by atoms with Gasteiger partial charge in [0.25, 0.3) is 0 Å². The van der Waals surface area contributed by atoms with Gasteiger partial charge in [-0.2, -0.15) is 4.98 Å². The van der Waals surface area contributed by atoms with Crippen LogP contribution in [0.1, 0.15) is 56.5 Å². The van der Waals surface area contributed by atoms with E-state index in [1.807, 2.05) is 53.3 Å². The number of carbonyl (C=O) groups excluding carboxylic acids is 1. The average molecular weight is 534 g/mol. The monoisotopic (exact) mass is 533 g/mol. The largest absolute Gasteiger partial charge is 0.373 e. The van der Waals surface area contributed by atoms with E-state index >= 15 is 0 Å². The molecule has 1 saturated carbocycles. The maximum absolute atomic E-state index is 12.7. The fraction of sp³-hybridized carbons (Fsp3) is 0.571. The third kappa shape index (κ3) is 5.25. The number of aliphatic hydroxyl groups is 1. The number of carbonyl (C=O) groups is 1. The molecule has 11 heteroatoms. The van der Waals surface area contributed by atoms with Gasteiger partial charge in [0.1, 0.15) is 17.7 Å². The summed E-state index contributed by atoms with van der Waals surface area (Å²) in [4.78, 5) is 34.8. The lowest BCUT2D eigenvalue weighted by molar-refractivity contribution is 0.0319. The fourth-order valence-electron chi connectivity index (χ4n) is 6.12. The quantitative estimate of drug-likeness (QED) is 0.464. The smallest absolute Gasteiger partial charge is 0.320 e. The molecule has 1 atom stereocenters. The van der Waals surface area contributed by atoms with E-state index in [2.05, 4.69) is 30.8 Å². The number of fused-ring (bicyclic) bond motifs is 1. The molecule has 2 N–H and O–H groups in total. The van der Waals surface area contributed by atoms with Crippen LogP contribution in [0.25, 0.3) is 11.0 Å². The second kappa shape index (κ2) is 11.0. The minimum absolute atomic E-state index is 0.184. The zero-order chi connectivity index (χ0) is 26.9. The average Bonchev–Trinajstić information content (AvgIpc) is 3.74. The van der Waals surface area contributed by atoms with E-state index in [1.54, 1.807) is 0 Å². The summed E-state index contributed by atoms with van der Waals surface area (Å²) in [5, 5.41) is 15.1. The van der Waals surface area contributed by atoms with E-state index in [0.717, 1.165) is 87.4 Å². The van der Waals surface area contributed by atoms with E-state index in [0.29, 0.717) is 17.8 Å². The number of likely N-dealkylation sites (tertiary alicyclic amines) is 1. The third-order valence-corrected chi connectivity index (χ3v) is 8.33. The zero-order valence-corrected chi connectivity index (χ0v) is 23.0. The minimum atomic E-state index is -0.703. The summed E-state index contributed by atoms with van der Waals surface area (Å²) in [6, 6.07) is 6.52. The van der Waals surface area contributed by atoms with Crippen LogP contribution in [0.2, 0.25) is 0 Å². The Kier molecular flexibility index (Phi) is 7.26. The van der Waals surface area contributed by atoms with Gasteiger partial charge in [0.2, 0.25) is 5.95 Å². The van der Waals surface area contributed by atoms with Gasteiger partial charge in [-0.1, -0.05) is 12.8 Å². The molecule has 2 amide bonds. The van der Waals surface area contributed by atoms with Gasteiger partial charge in [-0.3, -0.25) is 4.90 Å². The predicted molar refractivity (Wildman–Crippen MR) is 151 cm³/mol. The molecule has 0 aromatic carbocycles. The topological polar surface area (TPSA) is 106 Å². The third-order valence-electron chi connectivity index (χ3n) is 8.33. The van der Waals surface area contributed by atoms with E-state index in [9.17, 15) is 9.90 Å². The van der Waals surface area contributed by atoms with Crippen LogP contribution in [-0.2, 0) is 0 Å². The number of aromatic nitrogens is 4. The molecule has 3 aromatic rings. The minimum Gasteiger partial charge on any atom is -0.373 e. The summed E-state index contributed by atoms with van der Waals surface area (Å²) < 4.78 is 2.21. The number of pyridine rings is 1. The van der Waals surface area contributed by atoms with Gasteiger partial charge in [0, 0.05) is 56.9 Å². The second-order valence-electron chi connectivity index (χ2n) is 11.2. The number of amides is 2. The Bertz CT molecular complexity index is 1290. The number of nitrogens with one attached hydrogen (secondary N) is 1. The number of nitrogens with zero attached hydrogens (tertiary/aromatic N) is 8. The summed E-state index contributed by atoms with van der Waals surface area (Å²) in [6.07, 6.45) is 9.78. The van der Waals surface area contributed by atoms with Gasteiger partial charge in [0.15, 0.2) is 0 Å². The highest BCUT2D eigenvalue weighted by atomic mass is 16.3. The van der Waals surface area contributed by atoms with Crippen LogP contribution in [0.3, 0.4) is 0 Å². The molecule has 1 unspecified atom stereocenters. The molecular weight excluding hydrogens is 494 g/mol. The Labute approximate surface area is 229 Å². The lowest BCUT2D eigenvalue weighted by Crippen LogP contribution is -2.52. The maximum atomic E-state index is 12.7. The van der Waals surface area contributed by atoms with Crippen LogP contribution in [0.15, 0.2) is 30.6 Å². The first-order valence-electron chi connectivity index (χ1n) is 14.2. The van der Waals surface area contributed by atoms with Gasteiger partial charge < -0.3 is 29.7 Å². The molecule has 5 heterocycles. The Morgan fingerprint density at radius 3 is 2.36 bits per heavy atom. The first-order chi connectivity index (χ1) is 19.0. The standard InChI is InChI=1S/C28H39N9O2/c1-33(2)26(38)23-17-20-18-30-27(32-25(20)37(23)21-7-3-4-8-21)31-24-10-9-22(19-29-24)34-13-15-36(16-14-34)28(39)35-11-5-6-12-35/h9-10,17-19,21,26,38H,3-8,11-16H2,1-2H3,(H,29,30,31,32). The molecule has 0 bridgehead atoms. The van der Waals surface area contributed by atoms with E-state index in [4.69, 9.17) is 4.98 Å². The van der Waals surface area contributed by atoms with Crippen LogP contribution >= 0.6 is 0 Å². The molecule has 2 aliphatic heterocycles. The molecule has 0 spiro atoms. The van der Waals surface area contributed by atoms with E-state index < -0.39 is 6.23 Å². The number of anilines is 3. The zero-order valence-electron chi connectivity index (χ0n) is 23.0. The summed E-state index contributed by atoms with van der Waals surface area (Å²) in [5.74, 6) is 1.16. The summed E-state index contributed by atoms with van der Waals surface area (Å²) in [5.41, 5.74) is 2.74. The van der Waals surface area contributed by atoms with Crippen molar-refractivity contribution in [2.45, 2.75) is 50.8 Å². The molecule has 3 fully saturated rings. The first kappa shape index (κ1) is 25.8. The number of rotatable bonds is 6. The van der Waals surface area contributed by atoms with E-state index in [1.165, 1.54) is 12.8 Å². The Hall–Kier alpha value is -3.44. The van der Waals surface area contributed by atoms with Crippen molar-refractivity contribution in [3.8, 4) is 0 Å². The van der Waals surface area contributed by atoms with Crippen molar-refractivity contribution >= 4 is 34.5 Å². The highest BCUT2D eigenvalue weighted by molar-refractivity contribution is 5.78. The Morgan fingerprint density at radius 1 is 0.974 bits per heavy atom. The highest BCUT2D eigenvalue weighted by Crippen LogP contribution is 2.36. The SMILES string of the molecule is CN(C)C(O)c1cc2cnc(Nc3ccc(N4CCN(C(=O)N5CCCC5)CC4)cn3)nc2n1C1CCCC1. The molecule has 2 saturated heterocycles. The molecule has 6 rings (SSSR count). The van der Waals surface area contributed by atoms with Crippen LogP contribution in [0.4, 0.5) is 22.2 Å². The molecule has 208 valence electrons. The normalized spacial score (nSPS) is 19.4. The lowest BCUT2D eigenvalue weighted by atomic mass is 10.2. The van der Waals surface area contributed by atoms with Gasteiger partial charge in [-0.25, -0.2) is 14.8 Å². The number of hydrogen-bond acceptors (Lipinski definition) is 8. The Morgan fingerprint density at radius 2 is 1.69 bits per heavy atom. The first-order valence-corrected chi connectivity index (χ1v) is 14.2. The van der Waals surface area contributed by atoms with Gasteiger partial charge in [-0.15, -0.1) is 0 Å². The van der Waals surface area contributed by atoms with Crippen molar-refractivity contribution in [3.05, 3.63) is 36.3 Å². The molecular formula is C28H39N9O2. The molecule has 1 aliphatic carbocycles. The van der Waals surface area contributed by atoms with Crippen molar-refractivity contribution in [1.82, 2.24) is 34.2 Å². The fourth-order valence-corrected chi connectivity index (χ4v) is 6.12. The van der Waals surface area contributed by atoms with Crippen molar-refractivity contribution in [3.63, 3.8) is 0 Å². The van der Waals surface area contributed by atoms with Crippen molar-refractivity contribution in [2.75, 3.05) is 63.6 Å². The molecule has 39 heavy (non-hydrogen) atoms. The van der Waals surface area contributed by atoms with Crippen LogP contribution < -0.4 is 10.2 Å². The van der Waals surface area contributed by atoms with Crippen LogP contribution in [0, 0.1) is 0 Å². The highest BCUT2D eigenvalue weighted by Gasteiger charge is 2.28. The van der Waals surface area contributed by atoms with Crippen LogP contribution in [-0.4, -0.2) is 98.7 Å². The predicted octanol–water partition coefficient (Wildman–Crippen LogP) is 3.58. The molecule has 11 nitrogen and oxygen atoms in total. The number of piperazine rings is 1. The van der Waals surface area contributed by atoms with Gasteiger partial charge in [0.05, 0.1) is 17.6 Å².